The number of carbonyl (C=O) groups is 2. The van der Waals surface area contributed by atoms with Crippen LogP contribution in [0.1, 0.15) is 20.8 Å². The molecule has 1 aliphatic heterocycles. The van der Waals surface area contributed by atoms with Crippen LogP contribution in [0.15, 0.2) is 12.7 Å². The Hall–Kier alpha value is -1.36. The first kappa shape index (κ1) is 14.7. The molecule has 1 aliphatic rings. The van der Waals surface area contributed by atoms with Gasteiger partial charge in [0, 0.05) is 7.11 Å². The molecule has 0 saturated carbocycles. The summed E-state index contributed by atoms with van der Waals surface area (Å²) in [7, 11) is 1.51. The highest BCUT2D eigenvalue weighted by Crippen LogP contribution is 2.28. The number of hydrogen-bond donors (Lipinski definition) is 0. The zero-order chi connectivity index (χ0) is 13.9. The van der Waals surface area contributed by atoms with Crippen LogP contribution in [0.3, 0.4) is 0 Å². The lowest BCUT2D eigenvalue weighted by molar-refractivity contribution is -0.139. The summed E-state index contributed by atoms with van der Waals surface area (Å²) in [6, 6.07) is -0.221. The summed E-state index contributed by atoms with van der Waals surface area (Å²) in [6.45, 7) is 9.70. The lowest BCUT2D eigenvalue weighted by atomic mass is 9.89. The first-order chi connectivity index (χ1) is 8.37. The van der Waals surface area contributed by atoms with Crippen molar-refractivity contribution in [1.29, 1.82) is 0 Å². The fourth-order valence-corrected chi connectivity index (χ4v) is 1.94. The van der Waals surface area contributed by atoms with Gasteiger partial charge >= 0.3 is 6.09 Å². The minimum absolute atomic E-state index is 0.150. The van der Waals surface area contributed by atoms with E-state index in [1.807, 2.05) is 13.8 Å². The number of ether oxygens (including phenoxy) is 2. The molecule has 0 aromatic carbocycles. The van der Waals surface area contributed by atoms with E-state index in [4.69, 9.17) is 9.47 Å². The summed E-state index contributed by atoms with van der Waals surface area (Å²) in [4.78, 5) is 25.4. The van der Waals surface area contributed by atoms with Gasteiger partial charge in [-0.25, -0.2) is 9.69 Å². The molecule has 0 aromatic heterocycles. The van der Waals surface area contributed by atoms with Crippen LogP contribution in [-0.4, -0.2) is 43.3 Å². The van der Waals surface area contributed by atoms with E-state index >= 15 is 0 Å². The third-order valence-corrected chi connectivity index (χ3v) is 3.28. The number of methoxy groups -OCH3 is 1. The van der Waals surface area contributed by atoms with Gasteiger partial charge in [0.15, 0.2) is 0 Å². The SMILES string of the molecule is C=CC(C)(COC)C(=O)N1C(=O)OC[C@@H]1C(C)C. The Bertz CT molecular complexity index is 353. The Balaban J connectivity index is 2.99. The summed E-state index contributed by atoms with van der Waals surface area (Å²) in [5.74, 6) is -0.169. The lowest BCUT2D eigenvalue weighted by Crippen LogP contribution is -2.49. The molecule has 0 aliphatic carbocycles. The second kappa shape index (κ2) is 5.52. The van der Waals surface area contributed by atoms with Gasteiger partial charge in [-0.2, -0.15) is 0 Å². The highest BCUT2D eigenvalue weighted by atomic mass is 16.6. The molecule has 1 rings (SSSR count). The number of cyclic esters (lactones) is 1. The number of hydrogen-bond acceptors (Lipinski definition) is 4. The van der Waals surface area contributed by atoms with Crippen molar-refractivity contribution >= 4 is 12.0 Å². The van der Waals surface area contributed by atoms with Crippen molar-refractivity contribution in [1.82, 2.24) is 4.90 Å². The third-order valence-electron chi connectivity index (χ3n) is 3.28. The molecule has 2 atom stereocenters. The molecular weight excluding hydrogens is 234 g/mol. The molecule has 0 spiro atoms. The Morgan fingerprint density at radius 1 is 1.72 bits per heavy atom. The van der Waals surface area contributed by atoms with Crippen molar-refractivity contribution in [3.8, 4) is 0 Å². The van der Waals surface area contributed by atoms with E-state index < -0.39 is 11.5 Å². The van der Waals surface area contributed by atoms with E-state index in [0.29, 0.717) is 0 Å². The molecule has 0 aromatic rings. The fraction of sp³-hybridized carbons (Fsp3) is 0.692. The number of amides is 2. The van der Waals surface area contributed by atoms with Crippen molar-refractivity contribution in [2.24, 2.45) is 11.3 Å². The Kier molecular flexibility index (Phi) is 4.51. The third kappa shape index (κ3) is 2.56. The molecule has 5 heteroatoms. The van der Waals surface area contributed by atoms with E-state index in [2.05, 4.69) is 6.58 Å². The van der Waals surface area contributed by atoms with Gasteiger partial charge in [-0.05, 0) is 12.8 Å². The van der Waals surface area contributed by atoms with Gasteiger partial charge in [-0.3, -0.25) is 4.79 Å². The first-order valence-corrected chi connectivity index (χ1v) is 6.00. The minimum Gasteiger partial charge on any atom is -0.447 e. The van der Waals surface area contributed by atoms with Gasteiger partial charge in [0.05, 0.1) is 18.1 Å². The van der Waals surface area contributed by atoms with Gasteiger partial charge in [0.25, 0.3) is 0 Å². The fourth-order valence-electron chi connectivity index (χ4n) is 1.94. The molecule has 0 N–H and O–H groups in total. The maximum absolute atomic E-state index is 12.5. The second-order valence-electron chi connectivity index (χ2n) is 5.12. The van der Waals surface area contributed by atoms with Crippen LogP contribution in [-0.2, 0) is 14.3 Å². The van der Waals surface area contributed by atoms with Crippen molar-refractivity contribution in [2.45, 2.75) is 26.8 Å². The zero-order valence-electron chi connectivity index (χ0n) is 11.4. The quantitative estimate of drug-likeness (QED) is 0.703. The van der Waals surface area contributed by atoms with Gasteiger partial charge in [-0.15, -0.1) is 6.58 Å². The minimum atomic E-state index is -0.911. The van der Waals surface area contributed by atoms with E-state index in [1.54, 1.807) is 6.92 Å². The van der Waals surface area contributed by atoms with E-state index in [1.165, 1.54) is 18.1 Å². The van der Waals surface area contributed by atoms with Crippen LogP contribution in [0, 0.1) is 11.3 Å². The molecule has 1 unspecified atom stereocenters. The number of rotatable bonds is 5. The van der Waals surface area contributed by atoms with E-state index in [9.17, 15) is 9.59 Å². The monoisotopic (exact) mass is 255 g/mol. The van der Waals surface area contributed by atoms with E-state index in [0.717, 1.165) is 0 Å². The maximum atomic E-state index is 12.5. The van der Waals surface area contributed by atoms with Crippen molar-refractivity contribution < 1.29 is 19.1 Å². The van der Waals surface area contributed by atoms with Gasteiger partial charge in [-0.1, -0.05) is 19.9 Å². The summed E-state index contributed by atoms with van der Waals surface area (Å²) in [5.41, 5.74) is -0.911. The maximum Gasteiger partial charge on any atom is 0.417 e. The van der Waals surface area contributed by atoms with Crippen LogP contribution >= 0.6 is 0 Å². The molecule has 1 fully saturated rings. The Morgan fingerprint density at radius 2 is 2.33 bits per heavy atom. The normalized spacial score (nSPS) is 22.8. The highest BCUT2D eigenvalue weighted by molar-refractivity contribution is 5.97. The number of carbonyl (C=O) groups excluding carboxylic acids is 2. The van der Waals surface area contributed by atoms with Crippen LogP contribution in [0.2, 0.25) is 0 Å². The van der Waals surface area contributed by atoms with Crippen LogP contribution in [0.25, 0.3) is 0 Å². The summed E-state index contributed by atoms with van der Waals surface area (Å²) in [5, 5.41) is 0. The summed E-state index contributed by atoms with van der Waals surface area (Å²) < 4.78 is 10.0. The standard InChI is InChI=1S/C13H21NO4/c1-6-13(4,8-17-5)11(15)14-10(9(2)3)7-18-12(14)16/h6,9-10H,1,7-8H2,2-5H3/t10-,13?/m1/s1. The molecule has 1 saturated heterocycles. The van der Waals surface area contributed by atoms with Crippen molar-refractivity contribution in [3.05, 3.63) is 12.7 Å². The highest BCUT2D eigenvalue weighted by Gasteiger charge is 2.45. The van der Waals surface area contributed by atoms with Crippen LogP contribution in [0.4, 0.5) is 4.79 Å². The van der Waals surface area contributed by atoms with Crippen LogP contribution in [0.5, 0.6) is 0 Å². The smallest absolute Gasteiger partial charge is 0.417 e. The summed E-state index contributed by atoms with van der Waals surface area (Å²) >= 11 is 0. The zero-order valence-corrected chi connectivity index (χ0v) is 11.4. The average Bonchev–Trinajstić information content (AvgIpc) is 2.70. The number of nitrogens with zero attached hydrogens (tertiary/aromatic N) is 1. The molecule has 102 valence electrons. The largest absolute Gasteiger partial charge is 0.447 e. The molecular formula is C13H21NO4. The predicted octanol–water partition coefficient (Wildman–Crippen LogP) is 1.83. The van der Waals surface area contributed by atoms with Gasteiger partial charge in [0.1, 0.15) is 6.61 Å². The molecule has 2 amide bonds. The molecule has 1 heterocycles. The predicted molar refractivity (Wildman–Crippen MR) is 67.0 cm³/mol. The molecule has 0 bridgehead atoms. The Labute approximate surface area is 108 Å². The Morgan fingerprint density at radius 3 is 2.78 bits per heavy atom. The topological polar surface area (TPSA) is 55.8 Å². The second-order valence-corrected chi connectivity index (χ2v) is 5.12. The van der Waals surface area contributed by atoms with Crippen molar-refractivity contribution in [3.63, 3.8) is 0 Å². The average molecular weight is 255 g/mol. The van der Waals surface area contributed by atoms with Gasteiger partial charge in [0.2, 0.25) is 5.91 Å². The summed E-state index contributed by atoms with van der Waals surface area (Å²) in [6.07, 6.45) is 0.935. The number of imide groups is 1. The van der Waals surface area contributed by atoms with Crippen molar-refractivity contribution in [2.75, 3.05) is 20.3 Å². The molecule has 18 heavy (non-hydrogen) atoms. The lowest BCUT2D eigenvalue weighted by Gasteiger charge is -2.31. The molecule has 0 radical (unpaired) electrons. The van der Waals surface area contributed by atoms with Crippen LogP contribution < -0.4 is 0 Å². The first-order valence-electron chi connectivity index (χ1n) is 6.00. The molecule has 5 nitrogen and oxygen atoms in total. The van der Waals surface area contributed by atoms with Gasteiger partial charge < -0.3 is 9.47 Å². The van der Waals surface area contributed by atoms with E-state index in [-0.39, 0.29) is 31.1 Å².